The van der Waals surface area contributed by atoms with Gasteiger partial charge in [-0.2, -0.15) is 4.98 Å². The van der Waals surface area contributed by atoms with Crippen molar-refractivity contribution in [1.82, 2.24) is 9.88 Å². The number of piperidine rings is 1. The van der Waals surface area contributed by atoms with Crippen LogP contribution >= 0.6 is 0 Å². The molecule has 1 unspecified atom stereocenters. The van der Waals surface area contributed by atoms with Crippen LogP contribution < -0.4 is 4.90 Å². The number of morpholine rings is 1. The Balaban J connectivity index is 1.41. The molecule has 0 saturated carbocycles. The Labute approximate surface area is 130 Å². The van der Waals surface area contributed by atoms with Gasteiger partial charge in [0.05, 0.1) is 12.7 Å². The first kappa shape index (κ1) is 14.0. The molecule has 0 amide bonds. The Morgan fingerprint density at radius 3 is 2.73 bits per heavy atom. The van der Waals surface area contributed by atoms with Crippen LogP contribution in [-0.4, -0.2) is 54.8 Å². The number of hydrogen-bond acceptors (Lipinski definition) is 5. The quantitative estimate of drug-likeness (QED) is 0.852. The van der Waals surface area contributed by atoms with E-state index in [1.165, 1.54) is 12.8 Å². The lowest BCUT2D eigenvalue weighted by molar-refractivity contribution is -0.0374. The van der Waals surface area contributed by atoms with Crippen LogP contribution in [0.25, 0.3) is 11.1 Å². The lowest BCUT2D eigenvalue weighted by Gasteiger charge is -2.41. The lowest BCUT2D eigenvalue weighted by atomic mass is 10.0. The highest BCUT2D eigenvalue weighted by Gasteiger charge is 2.29. The smallest absolute Gasteiger partial charge is 0.298 e. The fraction of sp³-hybridized carbons (Fsp3) is 0.588. The molecule has 2 aromatic rings. The maximum Gasteiger partial charge on any atom is 0.298 e. The van der Waals surface area contributed by atoms with E-state index in [0.29, 0.717) is 12.1 Å². The minimum atomic E-state index is 0.365. The Morgan fingerprint density at radius 1 is 1.14 bits per heavy atom. The molecule has 0 bridgehead atoms. The Kier molecular flexibility index (Phi) is 3.76. The van der Waals surface area contributed by atoms with Crippen LogP contribution in [0.15, 0.2) is 28.7 Å². The largest absolute Gasteiger partial charge is 0.423 e. The molecule has 0 aliphatic carbocycles. The third-order valence-corrected chi connectivity index (χ3v) is 4.81. The number of benzene rings is 1. The zero-order valence-corrected chi connectivity index (χ0v) is 13.1. The van der Waals surface area contributed by atoms with E-state index in [9.17, 15) is 0 Å². The summed E-state index contributed by atoms with van der Waals surface area (Å²) in [6, 6.07) is 9.42. The fourth-order valence-corrected chi connectivity index (χ4v) is 3.59. The van der Waals surface area contributed by atoms with E-state index in [4.69, 9.17) is 9.15 Å². The first-order valence-corrected chi connectivity index (χ1v) is 8.26. The molecular formula is C17H23N3O2. The summed E-state index contributed by atoms with van der Waals surface area (Å²) in [5.74, 6) is 0. The second kappa shape index (κ2) is 5.89. The minimum Gasteiger partial charge on any atom is -0.423 e. The summed E-state index contributed by atoms with van der Waals surface area (Å²) in [6.45, 7) is 7.20. The number of rotatable bonds is 2. The zero-order chi connectivity index (χ0) is 14.9. The highest BCUT2D eigenvalue weighted by molar-refractivity contribution is 5.74. The molecule has 0 N–H and O–H groups in total. The Hall–Kier alpha value is -1.59. The summed E-state index contributed by atoms with van der Waals surface area (Å²) in [6.07, 6.45) is 2.71. The highest BCUT2D eigenvalue weighted by atomic mass is 16.5. The zero-order valence-electron chi connectivity index (χ0n) is 13.1. The van der Waals surface area contributed by atoms with Crippen LogP contribution in [0.1, 0.15) is 19.8 Å². The number of ether oxygens (including phenoxy) is 1. The molecule has 0 radical (unpaired) electrons. The number of para-hydroxylation sites is 2. The monoisotopic (exact) mass is 301 g/mol. The topological polar surface area (TPSA) is 41.7 Å². The van der Waals surface area contributed by atoms with E-state index in [2.05, 4.69) is 21.7 Å². The van der Waals surface area contributed by atoms with Crippen molar-refractivity contribution in [2.75, 3.05) is 37.7 Å². The summed E-state index contributed by atoms with van der Waals surface area (Å²) in [5.41, 5.74) is 1.82. The standard InChI is InChI=1S/C17H23N3O2/c1-13-12-20(10-11-21-13)14-6-8-19(9-7-14)17-18-15-4-2-3-5-16(15)22-17/h2-5,13-14H,6-12H2,1H3. The summed E-state index contributed by atoms with van der Waals surface area (Å²) in [4.78, 5) is 9.48. The maximum absolute atomic E-state index is 5.89. The molecule has 22 heavy (non-hydrogen) atoms. The van der Waals surface area contributed by atoms with Gasteiger partial charge >= 0.3 is 0 Å². The summed E-state index contributed by atoms with van der Waals surface area (Å²) < 4.78 is 11.5. The van der Waals surface area contributed by atoms with Crippen LogP contribution in [0.4, 0.5) is 6.01 Å². The molecule has 118 valence electrons. The average Bonchev–Trinajstić information content (AvgIpc) is 2.99. The van der Waals surface area contributed by atoms with Gasteiger partial charge in [0.25, 0.3) is 6.01 Å². The van der Waals surface area contributed by atoms with E-state index in [0.717, 1.165) is 49.9 Å². The molecule has 3 heterocycles. The van der Waals surface area contributed by atoms with Crippen molar-refractivity contribution in [3.63, 3.8) is 0 Å². The number of nitrogens with zero attached hydrogens (tertiary/aromatic N) is 3. The summed E-state index contributed by atoms with van der Waals surface area (Å²) in [7, 11) is 0. The van der Waals surface area contributed by atoms with Gasteiger partial charge in [0.2, 0.25) is 0 Å². The van der Waals surface area contributed by atoms with Crippen LogP contribution in [0.5, 0.6) is 0 Å². The number of hydrogen-bond donors (Lipinski definition) is 0. The fourth-order valence-electron chi connectivity index (χ4n) is 3.59. The predicted molar refractivity (Wildman–Crippen MR) is 86.2 cm³/mol. The van der Waals surface area contributed by atoms with E-state index in [-0.39, 0.29) is 0 Å². The van der Waals surface area contributed by atoms with Crippen LogP contribution in [0.3, 0.4) is 0 Å². The summed E-state index contributed by atoms with van der Waals surface area (Å²) >= 11 is 0. The molecule has 5 nitrogen and oxygen atoms in total. The first-order valence-electron chi connectivity index (χ1n) is 8.26. The summed E-state index contributed by atoms with van der Waals surface area (Å²) in [5, 5.41) is 0. The van der Waals surface area contributed by atoms with Crippen molar-refractivity contribution in [3.8, 4) is 0 Å². The number of aromatic nitrogens is 1. The van der Waals surface area contributed by atoms with Crippen molar-refractivity contribution < 1.29 is 9.15 Å². The molecule has 2 aliphatic heterocycles. The van der Waals surface area contributed by atoms with E-state index < -0.39 is 0 Å². The third-order valence-electron chi connectivity index (χ3n) is 4.81. The maximum atomic E-state index is 5.89. The molecule has 1 aromatic heterocycles. The van der Waals surface area contributed by atoms with E-state index in [1.807, 2.05) is 24.3 Å². The van der Waals surface area contributed by atoms with Gasteiger partial charge < -0.3 is 14.1 Å². The molecule has 2 aliphatic rings. The van der Waals surface area contributed by atoms with E-state index in [1.54, 1.807) is 0 Å². The lowest BCUT2D eigenvalue weighted by Crippen LogP contribution is -2.51. The number of fused-ring (bicyclic) bond motifs is 1. The van der Waals surface area contributed by atoms with Crippen molar-refractivity contribution in [2.45, 2.75) is 31.9 Å². The van der Waals surface area contributed by atoms with Crippen LogP contribution in [0.2, 0.25) is 0 Å². The van der Waals surface area contributed by atoms with Crippen molar-refractivity contribution >= 4 is 17.1 Å². The van der Waals surface area contributed by atoms with E-state index >= 15 is 0 Å². The normalized spacial score (nSPS) is 25.0. The highest BCUT2D eigenvalue weighted by Crippen LogP contribution is 2.26. The molecule has 5 heteroatoms. The van der Waals surface area contributed by atoms with Gasteiger partial charge in [-0.05, 0) is 31.9 Å². The molecule has 2 saturated heterocycles. The van der Waals surface area contributed by atoms with Gasteiger partial charge in [0.15, 0.2) is 5.58 Å². The molecule has 0 spiro atoms. The molecule has 4 rings (SSSR count). The van der Waals surface area contributed by atoms with Gasteiger partial charge in [0.1, 0.15) is 5.52 Å². The van der Waals surface area contributed by atoms with Crippen LogP contribution in [0, 0.1) is 0 Å². The number of oxazole rings is 1. The molecular weight excluding hydrogens is 278 g/mol. The minimum absolute atomic E-state index is 0.365. The van der Waals surface area contributed by atoms with Gasteiger partial charge in [-0.3, -0.25) is 4.90 Å². The third kappa shape index (κ3) is 2.71. The predicted octanol–water partition coefficient (Wildman–Crippen LogP) is 2.52. The first-order chi connectivity index (χ1) is 10.8. The molecule has 1 atom stereocenters. The number of anilines is 1. The van der Waals surface area contributed by atoms with Crippen LogP contribution in [-0.2, 0) is 4.74 Å². The van der Waals surface area contributed by atoms with Gasteiger partial charge in [-0.15, -0.1) is 0 Å². The second-order valence-electron chi connectivity index (χ2n) is 6.36. The van der Waals surface area contributed by atoms with Crippen molar-refractivity contribution in [1.29, 1.82) is 0 Å². The average molecular weight is 301 g/mol. The SMILES string of the molecule is CC1CN(C2CCN(c3nc4ccccc4o3)CC2)CCO1. The second-order valence-corrected chi connectivity index (χ2v) is 6.36. The molecule has 1 aromatic carbocycles. The van der Waals surface area contributed by atoms with Gasteiger partial charge in [0, 0.05) is 32.2 Å². The van der Waals surface area contributed by atoms with Crippen molar-refractivity contribution in [2.24, 2.45) is 0 Å². The van der Waals surface area contributed by atoms with Gasteiger partial charge in [-0.25, -0.2) is 0 Å². The Morgan fingerprint density at radius 2 is 1.95 bits per heavy atom. The van der Waals surface area contributed by atoms with Crippen molar-refractivity contribution in [3.05, 3.63) is 24.3 Å². The van der Waals surface area contributed by atoms with Gasteiger partial charge in [-0.1, -0.05) is 12.1 Å². The molecule has 2 fully saturated rings. The Bertz CT molecular complexity index is 601.